The topological polar surface area (TPSA) is 26.0 Å². The molecule has 102 valence electrons. The zero-order chi connectivity index (χ0) is 14.1. The van der Waals surface area contributed by atoms with E-state index in [9.17, 15) is 0 Å². The van der Waals surface area contributed by atoms with Crippen molar-refractivity contribution >= 4 is 11.6 Å². The smallest absolute Gasteiger partial charge is 0.0438 e. The van der Waals surface area contributed by atoms with Crippen LogP contribution < -0.4 is 5.73 Å². The highest BCUT2D eigenvalue weighted by molar-refractivity contribution is 6.31. The van der Waals surface area contributed by atoms with Gasteiger partial charge >= 0.3 is 0 Å². The van der Waals surface area contributed by atoms with Crippen molar-refractivity contribution in [2.24, 2.45) is 17.1 Å². The largest absolute Gasteiger partial charge is 0.324 e. The Balaban J connectivity index is 2.91. The summed E-state index contributed by atoms with van der Waals surface area (Å²) in [5, 5.41) is 0.826. The molecule has 1 rings (SSSR count). The van der Waals surface area contributed by atoms with Crippen LogP contribution in [0.3, 0.4) is 0 Å². The lowest BCUT2D eigenvalue weighted by atomic mass is 9.77. The van der Waals surface area contributed by atoms with Gasteiger partial charge in [-0.3, -0.25) is 0 Å². The quantitative estimate of drug-likeness (QED) is 0.817. The van der Waals surface area contributed by atoms with Crippen LogP contribution in [-0.4, -0.2) is 0 Å². The molecular formula is C16H26ClN. The van der Waals surface area contributed by atoms with Crippen LogP contribution in [0, 0.1) is 25.2 Å². The fraction of sp³-hybridized carbons (Fsp3) is 0.625. The van der Waals surface area contributed by atoms with E-state index in [-0.39, 0.29) is 6.04 Å². The average molecular weight is 268 g/mol. The highest BCUT2D eigenvalue weighted by Crippen LogP contribution is 2.34. The summed E-state index contributed by atoms with van der Waals surface area (Å²) < 4.78 is 0. The molecule has 0 radical (unpaired) electrons. The molecule has 0 bridgehead atoms. The molecule has 0 heterocycles. The predicted octanol–water partition coefficient (Wildman–Crippen LogP) is 5.03. The summed E-state index contributed by atoms with van der Waals surface area (Å²) in [7, 11) is 0. The summed E-state index contributed by atoms with van der Waals surface area (Å²) in [6, 6.07) is 4.25. The van der Waals surface area contributed by atoms with E-state index in [0.717, 1.165) is 17.0 Å². The number of nitrogens with two attached hydrogens (primary N) is 1. The molecule has 1 nitrogen and oxygen atoms in total. The lowest BCUT2D eigenvalue weighted by Gasteiger charge is -2.30. The summed E-state index contributed by atoms with van der Waals surface area (Å²) >= 11 is 6.13. The first kappa shape index (κ1) is 15.5. The first-order chi connectivity index (χ1) is 8.12. The molecule has 0 amide bonds. The van der Waals surface area contributed by atoms with E-state index in [1.807, 2.05) is 13.0 Å². The fourth-order valence-electron chi connectivity index (χ4n) is 2.06. The molecule has 0 saturated carbocycles. The standard InChI is InChI=1S/C16H26ClN/c1-10-8-14(17)11(2)7-13(10)15(18)9-12(3)16(4,5)6/h7-8,12,15H,9,18H2,1-6H3. The molecule has 2 unspecified atom stereocenters. The van der Waals surface area contributed by atoms with Gasteiger partial charge in [-0.15, -0.1) is 0 Å². The highest BCUT2D eigenvalue weighted by atomic mass is 35.5. The molecule has 1 aromatic carbocycles. The minimum atomic E-state index is 0.0928. The maximum absolute atomic E-state index is 6.37. The van der Waals surface area contributed by atoms with Gasteiger partial charge in [0, 0.05) is 11.1 Å². The second-order valence-corrected chi connectivity index (χ2v) is 6.97. The Bertz CT molecular complexity index is 418. The van der Waals surface area contributed by atoms with Crippen LogP contribution in [0.4, 0.5) is 0 Å². The molecule has 1 aromatic rings. The van der Waals surface area contributed by atoms with Crippen LogP contribution >= 0.6 is 11.6 Å². The number of aryl methyl sites for hydroxylation is 2. The van der Waals surface area contributed by atoms with Crippen LogP contribution in [0.15, 0.2) is 12.1 Å². The summed E-state index contributed by atoms with van der Waals surface area (Å²) in [6.07, 6.45) is 1.01. The second-order valence-electron chi connectivity index (χ2n) is 6.57. The zero-order valence-electron chi connectivity index (χ0n) is 12.5. The van der Waals surface area contributed by atoms with Gasteiger partial charge in [-0.2, -0.15) is 0 Å². The molecule has 0 spiro atoms. The highest BCUT2D eigenvalue weighted by Gasteiger charge is 2.23. The Labute approximate surface area is 117 Å². The number of hydrogen-bond acceptors (Lipinski definition) is 1. The first-order valence-corrected chi connectivity index (χ1v) is 7.03. The molecule has 0 aliphatic heterocycles. The Hall–Kier alpha value is -0.530. The average Bonchev–Trinajstić information content (AvgIpc) is 2.21. The Morgan fingerprint density at radius 3 is 2.22 bits per heavy atom. The van der Waals surface area contributed by atoms with Crippen LogP contribution in [0.1, 0.15) is 56.8 Å². The van der Waals surface area contributed by atoms with Crippen molar-refractivity contribution < 1.29 is 0 Å². The fourth-order valence-corrected chi connectivity index (χ4v) is 2.28. The zero-order valence-corrected chi connectivity index (χ0v) is 13.2. The van der Waals surface area contributed by atoms with Crippen LogP contribution in [0.25, 0.3) is 0 Å². The van der Waals surface area contributed by atoms with Crippen LogP contribution in [0.2, 0.25) is 5.02 Å². The van der Waals surface area contributed by atoms with Crippen molar-refractivity contribution in [3.63, 3.8) is 0 Å². The van der Waals surface area contributed by atoms with Gasteiger partial charge in [0.05, 0.1) is 0 Å². The summed E-state index contributed by atoms with van der Waals surface area (Å²) in [5.74, 6) is 0.586. The molecule has 0 aliphatic rings. The molecule has 0 fully saturated rings. The van der Waals surface area contributed by atoms with Gasteiger partial charge in [0.2, 0.25) is 0 Å². The summed E-state index contributed by atoms with van der Waals surface area (Å²) in [6.45, 7) is 13.2. The van der Waals surface area contributed by atoms with Crippen molar-refractivity contribution in [2.45, 2.75) is 54.0 Å². The Morgan fingerprint density at radius 2 is 1.72 bits per heavy atom. The van der Waals surface area contributed by atoms with Crippen molar-refractivity contribution in [2.75, 3.05) is 0 Å². The van der Waals surface area contributed by atoms with Gasteiger partial charge in [-0.05, 0) is 54.4 Å². The van der Waals surface area contributed by atoms with Gasteiger partial charge < -0.3 is 5.73 Å². The number of rotatable bonds is 3. The predicted molar refractivity (Wildman–Crippen MR) is 81.1 cm³/mol. The monoisotopic (exact) mass is 267 g/mol. The van der Waals surface area contributed by atoms with Crippen LogP contribution in [-0.2, 0) is 0 Å². The number of hydrogen-bond donors (Lipinski definition) is 1. The molecule has 18 heavy (non-hydrogen) atoms. The number of halogens is 1. The van der Waals surface area contributed by atoms with Gasteiger partial charge in [-0.1, -0.05) is 45.4 Å². The van der Waals surface area contributed by atoms with Crippen molar-refractivity contribution in [1.29, 1.82) is 0 Å². The molecule has 2 N–H and O–H groups in total. The van der Waals surface area contributed by atoms with Crippen molar-refractivity contribution in [3.05, 3.63) is 33.8 Å². The third kappa shape index (κ3) is 3.73. The van der Waals surface area contributed by atoms with Gasteiger partial charge in [0.1, 0.15) is 0 Å². The third-order valence-corrected chi connectivity index (χ3v) is 4.44. The van der Waals surface area contributed by atoms with E-state index in [1.54, 1.807) is 0 Å². The second kappa shape index (κ2) is 5.63. The SMILES string of the molecule is Cc1cc(C(N)CC(C)C(C)(C)C)c(C)cc1Cl. The van der Waals surface area contributed by atoms with Gasteiger partial charge in [0.25, 0.3) is 0 Å². The Morgan fingerprint density at radius 1 is 1.17 bits per heavy atom. The van der Waals surface area contributed by atoms with E-state index < -0.39 is 0 Å². The van der Waals surface area contributed by atoms with E-state index in [2.05, 4.69) is 40.7 Å². The maximum atomic E-state index is 6.37. The van der Waals surface area contributed by atoms with E-state index in [0.29, 0.717) is 11.3 Å². The van der Waals surface area contributed by atoms with Crippen LogP contribution in [0.5, 0.6) is 0 Å². The van der Waals surface area contributed by atoms with E-state index in [1.165, 1.54) is 11.1 Å². The van der Waals surface area contributed by atoms with E-state index >= 15 is 0 Å². The van der Waals surface area contributed by atoms with Crippen molar-refractivity contribution in [1.82, 2.24) is 0 Å². The minimum Gasteiger partial charge on any atom is -0.324 e. The molecule has 0 aliphatic carbocycles. The molecule has 2 heteroatoms. The maximum Gasteiger partial charge on any atom is 0.0438 e. The summed E-state index contributed by atoms with van der Waals surface area (Å²) in [5.41, 5.74) is 10.2. The lowest BCUT2D eigenvalue weighted by Crippen LogP contribution is -2.23. The minimum absolute atomic E-state index is 0.0928. The van der Waals surface area contributed by atoms with Gasteiger partial charge in [-0.25, -0.2) is 0 Å². The number of benzene rings is 1. The molecule has 2 atom stereocenters. The summed E-state index contributed by atoms with van der Waals surface area (Å²) in [4.78, 5) is 0. The van der Waals surface area contributed by atoms with E-state index in [4.69, 9.17) is 17.3 Å². The molecule has 0 aromatic heterocycles. The normalized spacial score (nSPS) is 15.6. The molecular weight excluding hydrogens is 242 g/mol. The first-order valence-electron chi connectivity index (χ1n) is 6.65. The molecule has 0 saturated heterocycles. The van der Waals surface area contributed by atoms with Gasteiger partial charge in [0.15, 0.2) is 0 Å². The Kier molecular flexibility index (Phi) is 4.85. The third-order valence-electron chi connectivity index (χ3n) is 4.03. The van der Waals surface area contributed by atoms with Crippen molar-refractivity contribution in [3.8, 4) is 0 Å². The lowest BCUT2D eigenvalue weighted by molar-refractivity contribution is 0.233.